The van der Waals surface area contributed by atoms with Crippen LogP contribution in [0, 0.1) is 6.92 Å². The van der Waals surface area contributed by atoms with E-state index in [0.717, 1.165) is 52.4 Å². The lowest BCUT2D eigenvalue weighted by Crippen LogP contribution is -2.55. The quantitative estimate of drug-likeness (QED) is 0.279. The largest absolute Gasteiger partial charge is 0.491 e. The predicted molar refractivity (Wildman–Crippen MR) is 161 cm³/mol. The Morgan fingerprint density at radius 3 is 2.55 bits per heavy atom. The molecular formula is C34H36N4O4. The number of hydrogen-bond acceptors (Lipinski definition) is 6. The standard InChI is InChI=1S/C34H36N4O4/c1-22-9-10-26(41-21-25-11-16-38(25)32(40)42-33(2,3)4)19-28(22)31(39)37-34(12-13-34)29-17-24(23-7-5-14-35-20-23)18-30-27(29)8-6-15-36-30/h5-10,14-15,17-20,25H,11-13,16,21H2,1-4H3,(H,37,39)/t25-/m0/s1. The van der Waals surface area contributed by atoms with E-state index in [1.807, 2.05) is 64.2 Å². The second kappa shape index (κ2) is 10.7. The van der Waals surface area contributed by atoms with Crippen molar-refractivity contribution in [3.8, 4) is 16.9 Å². The first-order valence-corrected chi connectivity index (χ1v) is 14.5. The number of carbonyl (C=O) groups excluding carboxylic acids is 2. The number of hydrogen-bond donors (Lipinski definition) is 1. The van der Waals surface area contributed by atoms with Gasteiger partial charge in [-0.15, -0.1) is 0 Å². The molecule has 42 heavy (non-hydrogen) atoms. The summed E-state index contributed by atoms with van der Waals surface area (Å²) in [6, 6.07) is 17.7. The van der Waals surface area contributed by atoms with Crippen molar-refractivity contribution in [2.75, 3.05) is 13.2 Å². The van der Waals surface area contributed by atoms with Gasteiger partial charge >= 0.3 is 6.09 Å². The highest BCUT2D eigenvalue weighted by Crippen LogP contribution is 2.49. The number of ether oxygens (including phenoxy) is 2. The van der Waals surface area contributed by atoms with Gasteiger partial charge in [0.05, 0.1) is 17.1 Å². The maximum atomic E-state index is 13.8. The zero-order valence-electron chi connectivity index (χ0n) is 24.5. The molecular weight excluding hydrogens is 528 g/mol. The molecule has 1 saturated heterocycles. The Bertz CT molecular complexity index is 1640. The van der Waals surface area contributed by atoms with Crippen LogP contribution in [0.25, 0.3) is 22.0 Å². The third kappa shape index (κ3) is 5.66. The molecule has 8 nitrogen and oxygen atoms in total. The van der Waals surface area contributed by atoms with E-state index < -0.39 is 11.1 Å². The topological polar surface area (TPSA) is 93.6 Å². The molecule has 4 aromatic rings. The molecule has 2 aromatic carbocycles. The number of pyridine rings is 2. The molecule has 1 aliphatic carbocycles. The summed E-state index contributed by atoms with van der Waals surface area (Å²) in [5, 5.41) is 4.40. The molecule has 0 radical (unpaired) electrons. The van der Waals surface area contributed by atoms with Crippen LogP contribution in [0.15, 0.2) is 73.2 Å². The highest BCUT2D eigenvalue weighted by atomic mass is 16.6. The van der Waals surface area contributed by atoms with Crippen LogP contribution >= 0.6 is 0 Å². The van der Waals surface area contributed by atoms with E-state index >= 15 is 0 Å². The number of nitrogens with one attached hydrogen (secondary N) is 1. The molecule has 0 bridgehead atoms. The van der Waals surface area contributed by atoms with Gasteiger partial charge in [-0.25, -0.2) is 4.79 Å². The van der Waals surface area contributed by atoms with Crippen molar-refractivity contribution in [1.82, 2.24) is 20.2 Å². The van der Waals surface area contributed by atoms with Crippen molar-refractivity contribution < 1.29 is 19.1 Å². The first kappa shape index (κ1) is 27.7. The summed E-state index contributed by atoms with van der Waals surface area (Å²) in [5.41, 5.74) is 4.40. The van der Waals surface area contributed by atoms with Crippen molar-refractivity contribution in [2.24, 2.45) is 0 Å². The Morgan fingerprint density at radius 1 is 1.05 bits per heavy atom. The number of likely N-dealkylation sites (tertiary alicyclic amines) is 1. The summed E-state index contributed by atoms with van der Waals surface area (Å²) in [4.78, 5) is 36.8. The lowest BCUT2D eigenvalue weighted by atomic mass is 9.93. The second-order valence-corrected chi connectivity index (χ2v) is 12.3. The molecule has 2 aliphatic rings. The van der Waals surface area contributed by atoms with Gasteiger partial charge in [-0.3, -0.25) is 14.8 Å². The van der Waals surface area contributed by atoms with Gasteiger partial charge in [-0.05, 0) is 100 Å². The van der Waals surface area contributed by atoms with Crippen LogP contribution in [-0.2, 0) is 10.3 Å². The SMILES string of the molecule is Cc1ccc(OC[C@@H]2CCN2C(=O)OC(C)(C)C)cc1C(=O)NC1(c2cc(-c3cccnc3)cc3ncccc23)CC1. The van der Waals surface area contributed by atoms with Crippen LogP contribution in [0.5, 0.6) is 5.75 Å². The van der Waals surface area contributed by atoms with Crippen LogP contribution in [0.2, 0.25) is 0 Å². The average molecular weight is 565 g/mol. The van der Waals surface area contributed by atoms with Gasteiger partial charge in [-0.1, -0.05) is 18.2 Å². The number of nitrogens with zero attached hydrogens (tertiary/aromatic N) is 3. The van der Waals surface area contributed by atoms with E-state index in [1.54, 1.807) is 23.4 Å². The Balaban J connectivity index is 1.20. The molecule has 2 amide bonds. The fraction of sp³-hybridized carbons (Fsp3) is 0.353. The Kier molecular flexibility index (Phi) is 7.09. The molecule has 1 N–H and O–H groups in total. The summed E-state index contributed by atoms with van der Waals surface area (Å²) in [6.07, 6.45) is 7.61. The Labute approximate surface area is 246 Å². The van der Waals surface area contributed by atoms with Crippen LogP contribution in [0.3, 0.4) is 0 Å². The van der Waals surface area contributed by atoms with Gasteiger partial charge < -0.3 is 19.7 Å². The molecule has 3 heterocycles. The molecule has 0 spiro atoms. The van der Waals surface area contributed by atoms with Crippen molar-refractivity contribution >= 4 is 22.9 Å². The minimum Gasteiger partial charge on any atom is -0.491 e. The van der Waals surface area contributed by atoms with Crippen LogP contribution < -0.4 is 10.1 Å². The summed E-state index contributed by atoms with van der Waals surface area (Å²) >= 11 is 0. The number of aromatic nitrogens is 2. The molecule has 2 aromatic heterocycles. The van der Waals surface area contributed by atoms with Gasteiger partial charge in [0.1, 0.15) is 18.0 Å². The summed E-state index contributed by atoms with van der Waals surface area (Å²) in [7, 11) is 0. The molecule has 1 aliphatic heterocycles. The van der Waals surface area contributed by atoms with E-state index in [0.29, 0.717) is 24.5 Å². The number of rotatable bonds is 7. The number of fused-ring (bicyclic) bond motifs is 1. The molecule has 216 valence electrons. The smallest absolute Gasteiger partial charge is 0.410 e. The Hall–Kier alpha value is -4.46. The third-order valence-corrected chi connectivity index (χ3v) is 8.00. The first-order chi connectivity index (χ1) is 20.1. The monoisotopic (exact) mass is 564 g/mol. The second-order valence-electron chi connectivity index (χ2n) is 12.3. The van der Waals surface area contributed by atoms with Gasteiger partial charge in [0.15, 0.2) is 0 Å². The number of amides is 2. The minimum absolute atomic E-state index is 0.0536. The van der Waals surface area contributed by atoms with Crippen molar-refractivity contribution in [2.45, 2.75) is 64.1 Å². The molecule has 0 unspecified atom stereocenters. The third-order valence-electron chi connectivity index (χ3n) is 8.00. The molecule has 1 atom stereocenters. The first-order valence-electron chi connectivity index (χ1n) is 14.5. The van der Waals surface area contributed by atoms with Gasteiger partial charge in [-0.2, -0.15) is 0 Å². The van der Waals surface area contributed by atoms with Gasteiger partial charge in [0.2, 0.25) is 0 Å². The highest BCUT2D eigenvalue weighted by molar-refractivity contribution is 5.98. The van der Waals surface area contributed by atoms with E-state index in [-0.39, 0.29) is 18.0 Å². The van der Waals surface area contributed by atoms with E-state index in [2.05, 4.69) is 33.5 Å². The van der Waals surface area contributed by atoms with Crippen molar-refractivity contribution in [3.05, 3.63) is 89.9 Å². The normalized spacial score (nSPS) is 17.3. The van der Waals surface area contributed by atoms with E-state index in [4.69, 9.17) is 9.47 Å². The lowest BCUT2D eigenvalue weighted by Gasteiger charge is -2.41. The zero-order chi connectivity index (χ0) is 29.5. The molecule has 2 fully saturated rings. The molecule has 6 rings (SSSR count). The van der Waals surface area contributed by atoms with E-state index in [1.165, 1.54) is 0 Å². The summed E-state index contributed by atoms with van der Waals surface area (Å²) in [6.45, 7) is 8.50. The summed E-state index contributed by atoms with van der Waals surface area (Å²) < 4.78 is 11.6. The van der Waals surface area contributed by atoms with Gasteiger partial charge in [0.25, 0.3) is 5.91 Å². The number of carbonyl (C=O) groups is 2. The van der Waals surface area contributed by atoms with Crippen LogP contribution in [0.1, 0.15) is 61.5 Å². The maximum Gasteiger partial charge on any atom is 0.410 e. The Morgan fingerprint density at radius 2 is 1.86 bits per heavy atom. The van der Waals surface area contributed by atoms with Crippen LogP contribution in [-0.4, -0.2) is 51.7 Å². The van der Waals surface area contributed by atoms with E-state index in [9.17, 15) is 9.59 Å². The maximum absolute atomic E-state index is 13.8. The summed E-state index contributed by atoms with van der Waals surface area (Å²) in [5.74, 6) is 0.457. The van der Waals surface area contributed by atoms with Crippen LogP contribution in [0.4, 0.5) is 4.79 Å². The number of aryl methyl sites for hydroxylation is 1. The lowest BCUT2D eigenvalue weighted by molar-refractivity contribution is -0.0141. The van der Waals surface area contributed by atoms with Crippen molar-refractivity contribution in [1.29, 1.82) is 0 Å². The van der Waals surface area contributed by atoms with Crippen molar-refractivity contribution in [3.63, 3.8) is 0 Å². The fourth-order valence-corrected chi connectivity index (χ4v) is 5.45. The molecule has 1 saturated carbocycles. The molecule has 8 heteroatoms. The average Bonchev–Trinajstić information content (AvgIpc) is 3.72. The zero-order valence-corrected chi connectivity index (χ0v) is 24.5. The number of benzene rings is 2. The van der Waals surface area contributed by atoms with Gasteiger partial charge in [0, 0.05) is 41.6 Å². The minimum atomic E-state index is -0.543. The highest BCUT2D eigenvalue weighted by Gasteiger charge is 2.47. The fourth-order valence-electron chi connectivity index (χ4n) is 5.45. The predicted octanol–water partition coefficient (Wildman–Crippen LogP) is 6.41.